The Bertz CT molecular complexity index is 358. The van der Waals surface area contributed by atoms with E-state index >= 15 is 0 Å². The predicted molar refractivity (Wildman–Crippen MR) is 45.6 cm³/mol. The highest BCUT2D eigenvalue weighted by molar-refractivity contribution is 5.48. The van der Waals surface area contributed by atoms with Gasteiger partial charge >= 0.3 is 0 Å². The molecule has 0 aromatic heterocycles. The van der Waals surface area contributed by atoms with Gasteiger partial charge in [0.2, 0.25) is 0 Å². The van der Waals surface area contributed by atoms with Crippen LogP contribution in [0.15, 0.2) is 18.2 Å². The number of hydrogen-bond acceptors (Lipinski definition) is 2. The molecule has 1 rings (SSSR count). The number of rotatable bonds is 3. The van der Waals surface area contributed by atoms with Crippen LogP contribution in [-0.4, -0.2) is 13.0 Å². The van der Waals surface area contributed by atoms with Gasteiger partial charge < -0.3 is 5.32 Å². The molecule has 0 unspecified atom stereocenters. The average molecular weight is 200 g/mol. The summed E-state index contributed by atoms with van der Waals surface area (Å²) in [5.74, 6) is -0.716. The van der Waals surface area contributed by atoms with E-state index in [-0.39, 0.29) is 11.3 Å². The molecule has 0 saturated heterocycles. The van der Waals surface area contributed by atoms with E-state index < -0.39 is 18.8 Å². The highest BCUT2D eigenvalue weighted by Gasteiger charge is 2.04. The normalized spacial score (nSPS) is 9.93. The van der Waals surface area contributed by atoms with E-state index in [0.29, 0.717) is 0 Å². The summed E-state index contributed by atoms with van der Waals surface area (Å²) < 4.78 is 36.4. The van der Waals surface area contributed by atoms with E-state index in [0.717, 1.165) is 6.07 Å². The molecular weight excluding hydrogens is 193 g/mol. The van der Waals surface area contributed by atoms with Gasteiger partial charge in [-0.15, -0.1) is 0 Å². The minimum absolute atomic E-state index is 0.104. The molecule has 0 spiro atoms. The van der Waals surface area contributed by atoms with Gasteiger partial charge in [0.25, 0.3) is 6.43 Å². The molecule has 1 aromatic carbocycles. The number of nitriles is 1. The SMILES string of the molecule is N#Cc1ccc(NCC(F)F)cc1F. The maximum absolute atomic E-state index is 12.9. The second-order valence-electron chi connectivity index (χ2n) is 2.58. The molecule has 0 aliphatic rings. The standard InChI is InChI=1S/C9H7F3N2/c10-8-3-7(14-5-9(11)12)2-1-6(8)4-13/h1-3,9,14H,5H2. The third-order valence-corrected chi connectivity index (χ3v) is 1.55. The Balaban J connectivity index is 2.73. The fourth-order valence-electron chi connectivity index (χ4n) is 0.911. The molecule has 0 saturated carbocycles. The van der Waals surface area contributed by atoms with Gasteiger partial charge in [-0.25, -0.2) is 13.2 Å². The van der Waals surface area contributed by atoms with Crippen LogP contribution in [0.1, 0.15) is 5.56 Å². The lowest BCUT2D eigenvalue weighted by Gasteiger charge is -2.05. The van der Waals surface area contributed by atoms with Gasteiger partial charge in [0.1, 0.15) is 11.9 Å². The fraction of sp³-hybridized carbons (Fsp3) is 0.222. The lowest BCUT2D eigenvalue weighted by Crippen LogP contribution is -2.10. The number of halogens is 3. The monoisotopic (exact) mass is 200 g/mol. The van der Waals surface area contributed by atoms with Gasteiger partial charge in [-0.1, -0.05) is 0 Å². The Labute approximate surface area is 79.0 Å². The molecule has 2 nitrogen and oxygen atoms in total. The van der Waals surface area contributed by atoms with Crippen molar-refractivity contribution in [3.8, 4) is 6.07 Å². The summed E-state index contributed by atoms with van der Waals surface area (Å²) in [4.78, 5) is 0. The summed E-state index contributed by atoms with van der Waals surface area (Å²) in [5.41, 5.74) is 0.134. The topological polar surface area (TPSA) is 35.8 Å². The van der Waals surface area contributed by atoms with Gasteiger partial charge in [0, 0.05) is 5.69 Å². The van der Waals surface area contributed by atoms with E-state index in [9.17, 15) is 13.2 Å². The molecule has 1 aromatic rings. The zero-order valence-corrected chi connectivity index (χ0v) is 7.10. The molecule has 0 fully saturated rings. The molecule has 0 radical (unpaired) electrons. The van der Waals surface area contributed by atoms with Crippen molar-refractivity contribution in [3.63, 3.8) is 0 Å². The van der Waals surface area contributed by atoms with Crippen molar-refractivity contribution in [2.45, 2.75) is 6.43 Å². The number of nitrogens with zero attached hydrogens (tertiary/aromatic N) is 1. The van der Waals surface area contributed by atoms with Crippen molar-refractivity contribution in [2.75, 3.05) is 11.9 Å². The van der Waals surface area contributed by atoms with Crippen molar-refractivity contribution in [1.29, 1.82) is 5.26 Å². The van der Waals surface area contributed by atoms with Crippen LogP contribution in [-0.2, 0) is 0 Å². The summed E-state index contributed by atoms with van der Waals surface area (Å²) in [5, 5.41) is 10.7. The molecular formula is C9H7F3N2. The first-order valence-electron chi connectivity index (χ1n) is 3.85. The maximum atomic E-state index is 12.9. The van der Waals surface area contributed by atoms with Gasteiger partial charge in [-0.05, 0) is 18.2 Å². The number of anilines is 1. The molecule has 0 amide bonds. The summed E-state index contributed by atoms with van der Waals surface area (Å²) in [6, 6.07) is 5.27. The van der Waals surface area contributed by atoms with Crippen LogP contribution in [0.25, 0.3) is 0 Å². The molecule has 14 heavy (non-hydrogen) atoms. The van der Waals surface area contributed by atoms with Crippen LogP contribution in [0.3, 0.4) is 0 Å². The smallest absolute Gasteiger partial charge is 0.255 e. The van der Waals surface area contributed by atoms with Crippen LogP contribution in [0.5, 0.6) is 0 Å². The summed E-state index contributed by atoms with van der Waals surface area (Å²) in [6.07, 6.45) is -2.49. The van der Waals surface area contributed by atoms with Crippen LogP contribution < -0.4 is 5.32 Å². The zero-order chi connectivity index (χ0) is 10.6. The molecule has 0 heterocycles. The van der Waals surface area contributed by atoms with Crippen molar-refractivity contribution in [1.82, 2.24) is 0 Å². The van der Waals surface area contributed by atoms with Crippen molar-refractivity contribution >= 4 is 5.69 Å². The van der Waals surface area contributed by atoms with E-state index in [4.69, 9.17) is 5.26 Å². The Morgan fingerprint density at radius 1 is 1.43 bits per heavy atom. The lowest BCUT2D eigenvalue weighted by atomic mass is 10.2. The second kappa shape index (κ2) is 4.51. The number of nitrogens with one attached hydrogen (secondary N) is 1. The van der Waals surface area contributed by atoms with Gasteiger partial charge in [-0.3, -0.25) is 0 Å². The Morgan fingerprint density at radius 2 is 2.14 bits per heavy atom. The van der Waals surface area contributed by atoms with Crippen LogP contribution in [0.4, 0.5) is 18.9 Å². The Kier molecular flexibility index (Phi) is 3.35. The van der Waals surface area contributed by atoms with E-state index in [1.807, 2.05) is 0 Å². The quantitative estimate of drug-likeness (QED) is 0.813. The molecule has 1 N–H and O–H groups in total. The first kappa shape index (κ1) is 10.4. The second-order valence-corrected chi connectivity index (χ2v) is 2.58. The first-order chi connectivity index (χ1) is 6.63. The number of hydrogen-bond donors (Lipinski definition) is 1. The number of benzene rings is 1. The summed E-state index contributed by atoms with van der Waals surface area (Å²) >= 11 is 0. The van der Waals surface area contributed by atoms with E-state index in [2.05, 4.69) is 5.32 Å². The molecule has 0 atom stereocenters. The summed E-state index contributed by atoms with van der Waals surface area (Å²) in [6.45, 7) is -0.536. The van der Waals surface area contributed by atoms with E-state index in [1.165, 1.54) is 12.1 Å². The molecule has 0 aliphatic heterocycles. The van der Waals surface area contributed by atoms with Gasteiger partial charge in [0.15, 0.2) is 0 Å². The lowest BCUT2D eigenvalue weighted by molar-refractivity contribution is 0.163. The predicted octanol–water partition coefficient (Wildman–Crippen LogP) is 2.37. The van der Waals surface area contributed by atoms with Crippen molar-refractivity contribution < 1.29 is 13.2 Å². The molecule has 5 heteroatoms. The largest absolute Gasteiger partial charge is 0.379 e. The van der Waals surface area contributed by atoms with E-state index in [1.54, 1.807) is 6.07 Å². The average Bonchev–Trinajstić information content (AvgIpc) is 2.15. The van der Waals surface area contributed by atoms with Gasteiger partial charge in [-0.2, -0.15) is 5.26 Å². The zero-order valence-electron chi connectivity index (χ0n) is 7.10. The van der Waals surface area contributed by atoms with Crippen molar-refractivity contribution in [2.24, 2.45) is 0 Å². The van der Waals surface area contributed by atoms with Crippen molar-refractivity contribution in [3.05, 3.63) is 29.6 Å². The third-order valence-electron chi connectivity index (χ3n) is 1.55. The highest BCUT2D eigenvalue weighted by Crippen LogP contribution is 2.13. The van der Waals surface area contributed by atoms with Crippen LogP contribution >= 0.6 is 0 Å². The van der Waals surface area contributed by atoms with Crippen LogP contribution in [0.2, 0.25) is 0 Å². The fourth-order valence-corrected chi connectivity index (χ4v) is 0.911. The molecule has 74 valence electrons. The van der Waals surface area contributed by atoms with Gasteiger partial charge in [0.05, 0.1) is 12.1 Å². The Morgan fingerprint density at radius 3 is 2.64 bits per heavy atom. The highest BCUT2D eigenvalue weighted by atomic mass is 19.3. The maximum Gasteiger partial charge on any atom is 0.255 e. The molecule has 0 bridgehead atoms. The minimum atomic E-state index is -2.49. The first-order valence-corrected chi connectivity index (χ1v) is 3.85. The minimum Gasteiger partial charge on any atom is -0.379 e. The Hall–Kier alpha value is -1.70. The number of alkyl halides is 2. The third kappa shape index (κ3) is 2.66. The molecule has 0 aliphatic carbocycles. The summed E-state index contributed by atoms with van der Waals surface area (Å²) in [7, 11) is 0. The van der Waals surface area contributed by atoms with Crippen LogP contribution in [0, 0.1) is 17.1 Å².